The summed E-state index contributed by atoms with van der Waals surface area (Å²) < 4.78 is 11.6. The van der Waals surface area contributed by atoms with Crippen molar-refractivity contribution in [3.05, 3.63) is 115 Å². The number of amides is 1. The van der Waals surface area contributed by atoms with Crippen molar-refractivity contribution >= 4 is 11.6 Å². The van der Waals surface area contributed by atoms with Crippen LogP contribution in [0.3, 0.4) is 0 Å². The lowest BCUT2D eigenvalue weighted by molar-refractivity contribution is -0.118. The molecule has 5 aromatic rings. The van der Waals surface area contributed by atoms with Crippen molar-refractivity contribution in [3.8, 4) is 28.7 Å². The molecule has 7 heteroatoms. The minimum Gasteiger partial charge on any atom is -0.483 e. The zero-order valence-electron chi connectivity index (χ0n) is 18.8. The Morgan fingerprint density at radius 2 is 1.46 bits per heavy atom. The van der Waals surface area contributed by atoms with E-state index in [1.807, 2.05) is 84.9 Å². The number of nitrogens with zero attached hydrogens (tertiary/aromatic N) is 3. The van der Waals surface area contributed by atoms with Crippen molar-refractivity contribution in [1.82, 2.24) is 15.2 Å². The largest absolute Gasteiger partial charge is 0.483 e. The number of carbonyl (C=O) groups excluding carboxylic acids is 1. The van der Waals surface area contributed by atoms with Crippen molar-refractivity contribution in [2.24, 2.45) is 0 Å². The molecule has 0 spiro atoms. The van der Waals surface area contributed by atoms with E-state index in [1.165, 1.54) is 5.56 Å². The van der Waals surface area contributed by atoms with E-state index in [4.69, 9.17) is 9.15 Å². The summed E-state index contributed by atoms with van der Waals surface area (Å²) in [4.78, 5) is 16.5. The molecule has 1 N–H and O–H groups in total. The molecule has 2 heterocycles. The molecular formula is C28H22N4O3. The van der Waals surface area contributed by atoms with E-state index >= 15 is 0 Å². The van der Waals surface area contributed by atoms with Crippen LogP contribution in [0.5, 0.6) is 5.75 Å². The lowest BCUT2D eigenvalue weighted by Gasteiger charge is -2.10. The van der Waals surface area contributed by atoms with Crippen LogP contribution >= 0.6 is 0 Å². The highest BCUT2D eigenvalue weighted by atomic mass is 16.5. The second kappa shape index (κ2) is 10.4. The highest BCUT2D eigenvalue weighted by Crippen LogP contribution is 2.31. The number of anilines is 1. The maximum Gasteiger partial charge on any atom is 0.262 e. The van der Waals surface area contributed by atoms with Gasteiger partial charge in [-0.25, -0.2) is 0 Å². The molecule has 7 nitrogen and oxygen atoms in total. The highest BCUT2D eigenvalue weighted by Gasteiger charge is 2.15. The highest BCUT2D eigenvalue weighted by molar-refractivity contribution is 5.92. The molecule has 0 atom stereocenters. The molecule has 0 saturated carbocycles. The number of rotatable bonds is 8. The van der Waals surface area contributed by atoms with Gasteiger partial charge >= 0.3 is 0 Å². The van der Waals surface area contributed by atoms with Crippen molar-refractivity contribution < 1.29 is 13.9 Å². The number of nitrogens with one attached hydrogen (secondary N) is 1. The number of para-hydroxylation sites is 1. The van der Waals surface area contributed by atoms with Gasteiger partial charge in [-0.2, -0.15) is 0 Å². The lowest BCUT2D eigenvalue weighted by atomic mass is 10.1. The fraction of sp³-hybridized carbons (Fsp3) is 0.0714. The van der Waals surface area contributed by atoms with Crippen molar-refractivity contribution in [1.29, 1.82) is 0 Å². The van der Waals surface area contributed by atoms with Gasteiger partial charge in [0.05, 0.1) is 5.56 Å². The van der Waals surface area contributed by atoms with Crippen molar-refractivity contribution in [3.63, 3.8) is 0 Å². The summed E-state index contributed by atoms with van der Waals surface area (Å²) in [5.74, 6) is 0.959. The van der Waals surface area contributed by atoms with Crippen LogP contribution in [0.4, 0.5) is 5.69 Å². The average molecular weight is 463 g/mol. The average Bonchev–Trinajstić information content (AvgIpc) is 3.40. The monoisotopic (exact) mass is 462 g/mol. The normalized spacial score (nSPS) is 10.6. The van der Waals surface area contributed by atoms with Crippen molar-refractivity contribution in [2.45, 2.75) is 6.42 Å². The summed E-state index contributed by atoms with van der Waals surface area (Å²) in [7, 11) is 0. The summed E-state index contributed by atoms with van der Waals surface area (Å²) in [5.41, 5.74) is 4.48. The zero-order chi connectivity index (χ0) is 23.9. The third-order valence-electron chi connectivity index (χ3n) is 5.32. The molecule has 2 aromatic heterocycles. The van der Waals surface area contributed by atoms with Gasteiger partial charge in [0.15, 0.2) is 6.61 Å². The van der Waals surface area contributed by atoms with Gasteiger partial charge in [0.25, 0.3) is 11.8 Å². The fourth-order valence-corrected chi connectivity index (χ4v) is 3.58. The van der Waals surface area contributed by atoms with Gasteiger partial charge in [-0.3, -0.25) is 9.78 Å². The number of carbonyl (C=O) groups is 1. The molecule has 0 aliphatic carbocycles. The van der Waals surface area contributed by atoms with Gasteiger partial charge in [0.2, 0.25) is 5.89 Å². The maximum atomic E-state index is 12.5. The third kappa shape index (κ3) is 5.59. The van der Waals surface area contributed by atoms with Crippen LogP contribution in [0.2, 0.25) is 0 Å². The Labute approximate surface area is 202 Å². The van der Waals surface area contributed by atoms with Crippen molar-refractivity contribution in [2.75, 3.05) is 11.9 Å². The molecule has 5 rings (SSSR count). The van der Waals surface area contributed by atoms with Crippen LogP contribution in [-0.2, 0) is 11.2 Å². The second-order valence-corrected chi connectivity index (χ2v) is 7.84. The Morgan fingerprint density at radius 3 is 2.26 bits per heavy atom. The molecule has 0 unspecified atom stereocenters. The number of ether oxygens (including phenoxy) is 1. The smallest absolute Gasteiger partial charge is 0.262 e. The minimum atomic E-state index is -0.266. The first-order chi connectivity index (χ1) is 17.2. The molecule has 3 aromatic carbocycles. The van der Waals surface area contributed by atoms with E-state index in [2.05, 4.69) is 20.5 Å². The van der Waals surface area contributed by atoms with E-state index < -0.39 is 0 Å². The van der Waals surface area contributed by atoms with Crippen LogP contribution in [0, 0.1) is 0 Å². The Morgan fingerprint density at radius 1 is 0.771 bits per heavy atom. The van der Waals surface area contributed by atoms with E-state index in [9.17, 15) is 4.79 Å². The predicted molar refractivity (Wildman–Crippen MR) is 133 cm³/mol. The molecule has 0 aliphatic heterocycles. The molecule has 0 fully saturated rings. The van der Waals surface area contributed by atoms with Crippen LogP contribution in [0.1, 0.15) is 11.1 Å². The molecule has 172 valence electrons. The predicted octanol–water partition coefficient (Wildman–Crippen LogP) is 5.41. The molecule has 0 radical (unpaired) electrons. The molecule has 1 amide bonds. The number of benzene rings is 3. The summed E-state index contributed by atoms with van der Waals surface area (Å²) in [6.07, 6.45) is 4.36. The number of hydrogen-bond acceptors (Lipinski definition) is 6. The van der Waals surface area contributed by atoms with E-state index in [0.29, 0.717) is 28.8 Å². The van der Waals surface area contributed by atoms with Crippen LogP contribution in [0.15, 0.2) is 108 Å². The SMILES string of the molecule is O=C(COc1ccccc1-c1nnc(-c2ccccc2)o1)Nc1ccc(Cc2ccncc2)cc1. The van der Waals surface area contributed by atoms with Gasteiger partial charge in [0, 0.05) is 23.6 Å². The number of aromatic nitrogens is 3. The third-order valence-corrected chi connectivity index (χ3v) is 5.32. The fourth-order valence-electron chi connectivity index (χ4n) is 3.58. The van der Waals surface area contributed by atoms with Crippen LogP contribution in [0.25, 0.3) is 22.9 Å². The number of pyridine rings is 1. The lowest BCUT2D eigenvalue weighted by Crippen LogP contribution is -2.20. The van der Waals surface area contributed by atoms with Gasteiger partial charge < -0.3 is 14.5 Å². The van der Waals surface area contributed by atoms with Crippen LogP contribution in [-0.4, -0.2) is 27.7 Å². The molecule has 0 aliphatic rings. The molecule has 35 heavy (non-hydrogen) atoms. The zero-order valence-corrected chi connectivity index (χ0v) is 18.8. The topological polar surface area (TPSA) is 90.1 Å². The van der Waals surface area contributed by atoms with E-state index in [1.54, 1.807) is 18.5 Å². The Kier molecular flexibility index (Phi) is 6.57. The first kappa shape index (κ1) is 22.0. The Hall–Kier alpha value is -4.78. The minimum absolute atomic E-state index is 0.157. The second-order valence-electron chi connectivity index (χ2n) is 7.84. The maximum absolute atomic E-state index is 12.5. The standard InChI is InChI=1S/C28H22N4O3/c33-26(30-23-12-10-20(11-13-23)18-21-14-16-29-17-15-21)19-34-25-9-5-4-8-24(25)28-32-31-27(35-28)22-6-2-1-3-7-22/h1-17H,18-19H2,(H,30,33). The van der Waals surface area contributed by atoms with E-state index in [-0.39, 0.29) is 12.5 Å². The first-order valence-corrected chi connectivity index (χ1v) is 11.1. The summed E-state index contributed by atoms with van der Waals surface area (Å²) in [6, 6.07) is 28.5. The number of hydrogen-bond donors (Lipinski definition) is 1. The Balaban J connectivity index is 1.20. The quantitative estimate of drug-likeness (QED) is 0.332. The molecule has 0 saturated heterocycles. The van der Waals surface area contributed by atoms with Gasteiger partial charge in [-0.15, -0.1) is 10.2 Å². The van der Waals surface area contributed by atoms with Crippen LogP contribution < -0.4 is 10.1 Å². The first-order valence-electron chi connectivity index (χ1n) is 11.1. The van der Waals surface area contributed by atoms with Gasteiger partial charge in [-0.05, 0) is 66.1 Å². The van der Waals surface area contributed by atoms with Gasteiger partial charge in [-0.1, -0.05) is 42.5 Å². The van der Waals surface area contributed by atoms with Gasteiger partial charge in [0.1, 0.15) is 5.75 Å². The molecular weight excluding hydrogens is 440 g/mol. The Bertz CT molecular complexity index is 1400. The molecule has 0 bridgehead atoms. The van der Waals surface area contributed by atoms with E-state index in [0.717, 1.165) is 17.5 Å². The summed E-state index contributed by atoms with van der Waals surface area (Å²) in [5, 5.41) is 11.2. The summed E-state index contributed by atoms with van der Waals surface area (Å²) >= 11 is 0. The summed E-state index contributed by atoms with van der Waals surface area (Å²) in [6.45, 7) is -0.157.